The van der Waals surface area contributed by atoms with Crippen LogP contribution in [0.2, 0.25) is 0 Å². The van der Waals surface area contributed by atoms with Gasteiger partial charge in [-0.2, -0.15) is 0 Å². The molecule has 0 radical (unpaired) electrons. The molecule has 1 saturated heterocycles. The first kappa shape index (κ1) is 20.3. The lowest BCUT2D eigenvalue weighted by Crippen LogP contribution is -2.44. The summed E-state index contributed by atoms with van der Waals surface area (Å²) in [5, 5.41) is 16.9. The number of benzene rings is 2. The Morgan fingerprint density at radius 1 is 1.32 bits per heavy atom. The van der Waals surface area contributed by atoms with Crippen LogP contribution in [0.15, 0.2) is 51.9 Å². The second-order valence-electron chi connectivity index (χ2n) is 6.72. The van der Waals surface area contributed by atoms with Crippen LogP contribution in [0.1, 0.15) is 18.9 Å². The van der Waals surface area contributed by atoms with Crippen LogP contribution in [0, 0.1) is 0 Å². The molecule has 3 N–H and O–H groups in total. The van der Waals surface area contributed by atoms with Crippen LogP contribution in [-0.2, 0) is 6.54 Å². The van der Waals surface area contributed by atoms with Crippen molar-refractivity contribution in [3.63, 3.8) is 0 Å². The number of halogens is 1. The van der Waals surface area contributed by atoms with E-state index in [9.17, 15) is 5.11 Å². The minimum atomic E-state index is 0.223. The molecule has 0 aromatic heterocycles. The number of hydrogen-bond donors (Lipinski definition) is 3. The topological polar surface area (TPSA) is 69.1 Å². The first-order chi connectivity index (χ1) is 13.6. The molecule has 1 heterocycles. The molecule has 1 unspecified atom stereocenters. The van der Waals surface area contributed by atoms with Gasteiger partial charge in [0.1, 0.15) is 11.5 Å². The number of aromatic hydroxyl groups is 1. The number of nitrogens with one attached hydrogen (secondary N) is 2. The Balaban J connectivity index is 1.65. The zero-order chi connectivity index (χ0) is 19.9. The van der Waals surface area contributed by atoms with Gasteiger partial charge in [-0.05, 0) is 59.6 Å². The number of aliphatic imine (C=N–C) groups is 1. The number of nitrogens with zero attached hydrogens (tertiary/aromatic N) is 2. The molecule has 1 aliphatic rings. The molecule has 150 valence electrons. The van der Waals surface area contributed by atoms with Gasteiger partial charge in [0, 0.05) is 35.7 Å². The summed E-state index contributed by atoms with van der Waals surface area (Å²) in [4.78, 5) is 7.02. The van der Waals surface area contributed by atoms with E-state index in [1.807, 2.05) is 19.1 Å². The number of guanidine groups is 1. The third kappa shape index (κ3) is 5.10. The molecule has 3 rings (SSSR count). The Morgan fingerprint density at radius 3 is 2.89 bits per heavy atom. The Labute approximate surface area is 174 Å². The highest BCUT2D eigenvalue weighted by Gasteiger charge is 2.24. The third-order valence-corrected chi connectivity index (χ3v) is 5.43. The van der Waals surface area contributed by atoms with E-state index < -0.39 is 0 Å². The average molecular weight is 447 g/mol. The molecule has 1 aliphatic heterocycles. The van der Waals surface area contributed by atoms with Crippen LogP contribution < -0.4 is 20.3 Å². The van der Waals surface area contributed by atoms with Gasteiger partial charge in [-0.25, -0.2) is 4.99 Å². The van der Waals surface area contributed by atoms with E-state index >= 15 is 0 Å². The van der Waals surface area contributed by atoms with Crippen molar-refractivity contribution in [2.75, 3.05) is 31.6 Å². The predicted octanol–water partition coefficient (Wildman–Crippen LogP) is 3.50. The Bertz CT molecular complexity index is 828. The number of rotatable bonds is 6. The monoisotopic (exact) mass is 446 g/mol. The fourth-order valence-corrected chi connectivity index (χ4v) is 3.83. The Kier molecular flexibility index (Phi) is 7.03. The lowest BCUT2D eigenvalue weighted by Gasteiger charge is -2.21. The van der Waals surface area contributed by atoms with Crippen LogP contribution >= 0.6 is 15.9 Å². The first-order valence-electron chi connectivity index (χ1n) is 9.51. The lowest BCUT2D eigenvalue weighted by atomic mass is 10.2. The van der Waals surface area contributed by atoms with Crippen molar-refractivity contribution in [3.8, 4) is 11.5 Å². The van der Waals surface area contributed by atoms with Gasteiger partial charge in [0.05, 0.1) is 19.3 Å². The average Bonchev–Trinajstić information content (AvgIpc) is 3.16. The van der Waals surface area contributed by atoms with Crippen LogP contribution in [0.5, 0.6) is 11.5 Å². The summed E-state index contributed by atoms with van der Waals surface area (Å²) in [6.45, 7) is 5.10. The van der Waals surface area contributed by atoms with Gasteiger partial charge in [-0.3, -0.25) is 0 Å². The first-order valence-corrected chi connectivity index (χ1v) is 10.3. The van der Waals surface area contributed by atoms with Crippen molar-refractivity contribution in [2.45, 2.75) is 25.9 Å². The number of ether oxygens (including phenoxy) is 1. The number of hydrogen-bond acceptors (Lipinski definition) is 4. The fraction of sp³-hybridized carbons (Fsp3) is 0.381. The maximum Gasteiger partial charge on any atom is 0.191 e. The third-order valence-electron chi connectivity index (χ3n) is 4.76. The normalized spacial score (nSPS) is 16.9. The van der Waals surface area contributed by atoms with E-state index in [-0.39, 0.29) is 5.75 Å². The van der Waals surface area contributed by atoms with Gasteiger partial charge in [0.25, 0.3) is 0 Å². The number of methoxy groups -OCH3 is 1. The summed E-state index contributed by atoms with van der Waals surface area (Å²) < 4.78 is 6.35. The zero-order valence-electron chi connectivity index (χ0n) is 16.3. The molecule has 0 spiro atoms. The highest BCUT2D eigenvalue weighted by molar-refractivity contribution is 9.10. The van der Waals surface area contributed by atoms with Crippen molar-refractivity contribution in [2.24, 2.45) is 4.99 Å². The molecule has 0 amide bonds. The summed E-state index contributed by atoms with van der Waals surface area (Å²) in [7, 11) is 1.61. The molecule has 0 aliphatic carbocycles. The van der Waals surface area contributed by atoms with Crippen molar-refractivity contribution in [3.05, 3.63) is 52.5 Å². The Hall–Kier alpha value is -2.41. The van der Waals surface area contributed by atoms with Crippen molar-refractivity contribution >= 4 is 27.6 Å². The molecule has 6 nitrogen and oxygen atoms in total. The van der Waals surface area contributed by atoms with E-state index in [1.54, 1.807) is 19.2 Å². The summed E-state index contributed by atoms with van der Waals surface area (Å²) >= 11 is 3.64. The van der Waals surface area contributed by atoms with Gasteiger partial charge in [-0.15, -0.1) is 0 Å². The summed E-state index contributed by atoms with van der Waals surface area (Å²) in [6.07, 6.45) is 1.04. The lowest BCUT2D eigenvalue weighted by molar-refractivity contribution is 0.411. The second kappa shape index (κ2) is 9.68. The van der Waals surface area contributed by atoms with Gasteiger partial charge >= 0.3 is 0 Å². The summed E-state index contributed by atoms with van der Waals surface area (Å²) in [5.74, 6) is 1.69. The van der Waals surface area contributed by atoms with E-state index in [0.29, 0.717) is 18.3 Å². The number of para-hydroxylation sites is 1. The highest BCUT2D eigenvalue weighted by atomic mass is 79.9. The molecule has 2 aromatic rings. The van der Waals surface area contributed by atoms with Crippen LogP contribution in [0.3, 0.4) is 0 Å². The van der Waals surface area contributed by atoms with E-state index in [2.05, 4.69) is 54.7 Å². The van der Waals surface area contributed by atoms with Gasteiger partial charge in [0.15, 0.2) is 5.96 Å². The standard InChI is InChI=1S/C21H27BrN4O2/c1-3-23-21(24-13-15-12-17(28-2)8-9-20(15)27)25-16-10-11-26(14-16)19-7-5-4-6-18(19)22/h4-9,12,16,27H,3,10-11,13-14H2,1-2H3,(H2,23,24,25). The van der Waals surface area contributed by atoms with Crippen molar-refractivity contribution in [1.29, 1.82) is 0 Å². The minimum absolute atomic E-state index is 0.223. The molecule has 28 heavy (non-hydrogen) atoms. The predicted molar refractivity (Wildman–Crippen MR) is 117 cm³/mol. The smallest absolute Gasteiger partial charge is 0.191 e. The highest BCUT2D eigenvalue weighted by Crippen LogP contribution is 2.28. The van der Waals surface area contributed by atoms with Crippen molar-refractivity contribution in [1.82, 2.24) is 10.6 Å². The quantitative estimate of drug-likeness (QED) is 0.467. The fourth-order valence-electron chi connectivity index (χ4n) is 3.30. The minimum Gasteiger partial charge on any atom is -0.508 e. The number of phenols is 1. The van der Waals surface area contributed by atoms with E-state index in [4.69, 9.17) is 4.74 Å². The summed E-state index contributed by atoms with van der Waals surface area (Å²) in [6, 6.07) is 13.8. The molecular weight excluding hydrogens is 420 g/mol. The molecule has 0 bridgehead atoms. The molecule has 1 fully saturated rings. The van der Waals surface area contributed by atoms with Crippen LogP contribution in [-0.4, -0.2) is 43.9 Å². The molecule has 0 saturated carbocycles. The zero-order valence-corrected chi connectivity index (χ0v) is 17.9. The van der Waals surface area contributed by atoms with Gasteiger partial charge in [0.2, 0.25) is 0 Å². The van der Waals surface area contributed by atoms with E-state index in [0.717, 1.165) is 42.1 Å². The molecular formula is C21H27BrN4O2. The number of phenolic OH excluding ortho intramolecular Hbond substituents is 1. The molecule has 7 heteroatoms. The van der Waals surface area contributed by atoms with Crippen LogP contribution in [0.25, 0.3) is 0 Å². The second-order valence-corrected chi connectivity index (χ2v) is 7.57. The maximum absolute atomic E-state index is 10.1. The molecule has 1 atom stereocenters. The summed E-state index contributed by atoms with van der Waals surface area (Å²) in [5.41, 5.74) is 1.95. The Morgan fingerprint density at radius 2 is 2.14 bits per heavy atom. The van der Waals surface area contributed by atoms with E-state index in [1.165, 1.54) is 5.69 Å². The van der Waals surface area contributed by atoms with Crippen molar-refractivity contribution < 1.29 is 9.84 Å². The largest absolute Gasteiger partial charge is 0.508 e. The maximum atomic E-state index is 10.1. The molecule has 2 aromatic carbocycles. The van der Waals surface area contributed by atoms with Gasteiger partial charge in [-0.1, -0.05) is 12.1 Å². The van der Waals surface area contributed by atoms with Gasteiger partial charge < -0.3 is 25.4 Å². The number of anilines is 1. The van der Waals surface area contributed by atoms with Crippen LogP contribution in [0.4, 0.5) is 5.69 Å². The SMILES string of the molecule is CCNC(=NCc1cc(OC)ccc1O)NC1CCN(c2ccccc2Br)C1.